The number of ketones is 1. The predicted molar refractivity (Wildman–Crippen MR) is 105 cm³/mol. The first-order valence-electron chi connectivity index (χ1n) is 11.4. The molecule has 0 aliphatic heterocycles. The summed E-state index contributed by atoms with van der Waals surface area (Å²) in [4.78, 5) is 14.7. The van der Waals surface area contributed by atoms with E-state index in [9.17, 15) is 4.79 Å². The molecule has 4 fully saturated rings. The maximum atomic E-state index is 13.1. The van der Waals surface area contributed by atoms with Crippen molar-refractivity contribution in [2.45, 2.75) is 78.2 Å². The molecule has 0 unspecified atom stereocenters. The molecule has 4 aliphatic rings. The van der Waals surface area contributed by atoms with Crippen LogP contribution in [0, 0.1) is 46.8 Å². The van der Waals surface area contributed by atoms with Crippen LogP contribution in [0.25, 0.3) is 0 Å². The van der Waals surface area contributed by atoms with Gasteiger partial charge in [-0.25, -0.2) is 0 Å². The molecule has 148 valence electrons. The summed E-state index contributed by atoms with van der Waals surface area (Å²) >= 11 is 0. The van der Waals surface area contributed by atoms with E-state index in [-0.39, 0.29) is 11.3 Å². The zero-order chi connectivity index (χ0) is 18.6. The van der Waals surface area contributed by atoms with Crippen molar-refractivity contribution in [1.82, 2.24) is 15.0 Å². The molecule has 0 spiro atoms. The molecule has 0 bridgehead atoms. The molecule has 4 saturated carbocycles. The molecular weight excluding hydrogens is 334 g/mol. The SMILES string of the molecule is C[C@H]1CC[C@H]2[C@H](CC[C@@H]3[C@@H]2CC[C@]2(C)[C@@H](C(=O)Cn4nccn4)CC[C@@H]32)C1. The van der Waals surface area contributed by atoms with Crippen molar-refractivity contribution in [2.24, 2.45) is 46.8 Å². The molecule has 4 heteroatoms. The van der Waals surface area contributed by atoms with E-state index < -0.39 is 0 Å². The Kier molecular flexibility index (Phi) is 4.44. The van der Waals surface area contributed by atoms with Crippen LogP contribution in [-0.4, -0.2) is 20.8 Å². The molecule has 8 atom stereocenters. The van der Waals surface area contributed by atoms with E-state index in [1.165, 1.54) is 51.4 Å². The Balaban J connectivity index is 1.33. The summed E-state index contributed by atoms with van der Waals surface area (Å²) in [5, 5.41) is 8.31. The predicted octanol–water partition coefficient (Wildman–Crippen LogP) is 4.75. The van der Waals surface area contributed by atoms with Gasteiger partial charge in [-0.05, 0) is 92.3 Å². The van der Waals surface area contributed by atoms with Crippen LogP contribution in [0.4, 0.5) is 0 Å². The highest BCUT2D eigenvalue weighted by molar-refractivity contribution is 5.81. The van der Waals surface area contributed by atoms with E-state index >= 15 is 0 Å². The first kappa shape index (κ1) is 17.9. The molecule has 0 radical (unpaired) electrons. The van der Waals surface area contributed by atoms with Gasteiger partial charge >= 0.3 is 0 Å². The van der Waals surface area contributed by atoms with E-state index in [0.717, 1.165) is 41.9 Å². The number of hydrogen-bond acceptors (Lipinski definition) is 3. The second-order valence-electron chi connectivity index (χ2n) is 10.6. The Morgan fingerprint density at radius 3 is 2.59 bits per heavy atom. The molecule has 0 N–H and O–H groups in total. The van der Waals surface area contributed by atoms with Gasteiger partial charge in [0.15, 0.2) is 5.78 Å². The summed E-state index contributed by atoms with van der Waals surface area (Å²) in [5.41, 5.74) is 0.222. The fourth-order valence-corrected chi connectivity index (χ4v) is 8.19. The van der Waals surface area contributed by atoms with Gasteiger partial charge in [-0.1, -0.05) is 20.3 Å². The summed E-state index contributed by atoms with van der Waals surface area (Å²) in [6.07, 6.45) is 15.6. The largest absolute Gasteiger partial charge is 0.297 e. The molecule has 4 aliphatic carbocycles. The molecule has 1 aromatic rings. The van der Waals surface area contributed by atoms with Crippen molar-refractivity contribution in [2.75, 3.05) is 0 Å². The minimum Gasteiger partial charge on any atom is -0.297 e. The van der Waals surface area contributed by atoms with E-state index in [1.54, 1.807) is 17.2 Å². The molecule has 5 rings (SSSR count). The van der Waals surface area contributed by atoms with Crippen LogP contribution in [0.5, 0.6) is 0 Å². The van der Waals surface area contributed by atoms with Gasteiger partial charge in [-0.3, -0.25) is 4.79 Å². The molecule has 1 aromatic heterocycles. The third kappa shape index (κ3) is 2.89. The Labute approximate surface area is 163 Å². The molecule has 4 nitrogen and oxygen atoms in total. The van der Waals surface area contributed by atoms with Gasteiger partial charge in [-0.15, -0.1) is 0 Å². The first-order chi connectivity index (χ1) is 13.1. The third-order valence-corrected chi connectivity index (χ3v) is 9.37. The van der Waals surface area contributed by atoms with Crippen molar-refractivity contribution in [1.29, 1.82) is 0 Å². The van der Waals surface area contributed by atoms with Crippen LogP contribution in [0.3, 0.4) is 0 Å². The number of Topliss-reactive ketones (excluding diaryl/α,β-unsaturated/α-hetero) is 1. The maximum Gasteiger partial charge on any atom is 0.159 e. The van der Waals surface area contributed by atoms with Gasteiger partial charge < -0.3 is 0 Å². The van der Waals surface area contributed by atoms with Crippen molar-refractivity contribution >= 4 is 5.78 Å². The summed E-state index contributed by atoms with van der Waals surface area (Å²) in [7, 11) is 0. The van der Waals surface area contributed by atoms with Gasteiger partial charge in [0.2, 0.25) is 0 Å². The lowest BCUT2D eigenvalue weighted by atomic mass is 9.49. The quantitative estimate of drug-likeness (QED) is 0.772. The van der Waals surface area contributed by atoms with Gasteiger partial charge in [0.1, 0.15) is 6.54 Å². The van der Waals surface area contributed by atoms with Crippen molar-refractivity contribution < 1.29 is 4.79 Å². The van der Waals surface area contributed by atoms with Crippen molar-refractivity contribution in [3.8, 4) is 0 Å². The smallest absolute Gasteiger partial charge is 0.159 e. The van der Waals surface area contributed by atoms with Crippen molar-refractivity contribution in [3.63, 3.8) is 0 Å². The van der Waals surface area contributed by atoms with E-state index in [2.05, 4.69) is 24.0 Å². The number of carbonyl (C=O) groups is 1. The highest BCUT2D eigenvalue weighted by Gasteiger charge is 2.58. The number of nitrogens with zero attached hydrogens (tertiary/aromatic N) is 3. The topological polar surface area (TPSA) is 47.8 Å². The normalized spacial score (nSPS) is 46.4. The van der Waals surface area contributed by atoms with Gasteiger partial charge in [0, 0.05) is 5.92 Å². The monoisotopic (exact) mass is 369 g/mol. The second kappa shape index (κ2) is 6.70. The van der Waals surface area contributed by atoms with Crippen LogP contribution < -0.4 is 0 Å². The molecule has 1 heterocycles. The second-order valence-corrected chi connectivity index (χ2v) is 10.6. The summed E-state index contributed by atoms with van der Waals surface area (Å²) < 4.78 is 0. The number of fused-ring (bicyclic) bond motifs is 5. The average molecular weight is 370 g/mol. The molecule has 0 saturated heterocycles. The Bertz CT molecular complexity index is 686. The van der Waals surface area contributed by atoms with Crippen LogP contribution in [0.15, 0.2) is 12.4 Å². The summed E-state index contributed by atoms with van der Waals surface area (Å²) in [6, 6.07) is 0. The lowest BCUT2D eigenvalue weighted by Crippen LogP contribution is -2.49. The fraction of sp³-hybridized carbons (Fsp3) is 0.870. The van der Waals surface area contributed by atoms with Crippen LogP contribution in [-0.2, 0) is 11.3 Å². The minimum absolute atomic E-state index is 0.221. The third-order valence-electron chi connectivity index (χ3n) is 9.37. The molecule has 27 heavy (non-hydrogen) atoms. The van der Waals surface area contributed by atoms with Crippen LogP contribution in [0.2, 0.25) is 0 Å². The van der Waals surface area contributed by atoms with E-state index in [1.807, 2.05) is 0 Å². The highest BCUT2D eigenvalue weighted by Crippen LogP contribution is 2.64. The van der Waals surface area contributed by atoms with E-state index in [0.29, 0.717) is 12.3 Å². The summed E-state index contributed by atoms with van der Waals surface area (Å²) in [6.45, 7) is 5.27. The number of rotatable bonds is 3. The molecular formula is C23H35N3O. The van der Waals surface area contributed by atoms with Gasteiger partial charge in [0.25, 0.3) is 0 Å². The maximum absolute atomic E-state index is 13.1. The van der Waals surface area contributed by atoms with Gasteiger partial charge in [-0.2, -0.15) is 15.0 Å². The summed E-state index contributed by atoms with van der Waals surface area (Å²) in [5.74, 6) is 6.15. The standard InChI is InChI=1S/C23H35N3O/c1-15-3-5-17-16(13-15)4-6-19-18(17)9-10-23(2)20(19)7-8-21(23)22(27)14-26-24-11-12-25-26/h11-12,15-21H,3-10,13-14H2,1-2H3/t15-,16+,17-,18+,19+,20-,21+,23-/m0/s1. The number of aromatic nitrogens is 3. The lowest BCUT2D eigenvalue weighted by Gasteiger charge is -2.56. The lowest BCUT2D eigenvalue weighted by molar-refractivity contribution is -0.131. The van der Waals surface area contributed by atoms with Gasteiger partial charge in [0.05, 0.1) is 12.4 Å². The Morgan fingerprint density at radius 2 is 1.78 bits per heavy atom. The average Bonchev–Trinajstić information content (AvgIpc) is 3.28. The first-order valence-corrected chi connectivity index (χ1v) is 11.4. The zero-order valence-electron chi connectivity index (χ0n) is 17.0. The molecule has 0 amide bonds. The fourth-order valence-electron chi connectivity index (χ4n) is 8.19. The van der Waals surface area contributed by atoms with Crippen molar-refractivity contribution in [3.05, 3.63) is 12.4 Å². The Hall–Kier alpha value is -1.19. The minimum atomic E-state index is 0.221. The Morgan fingerprint density at radius 1 is 1.00 bits per heavy atom. The number of carbonyl (C=O) groups excluding carboxylic acids is 1. The van der Waals surface area contributed by atoms with Crippen LogP contribution >= 0.6 is 0 Å². The number of hydrogen-bond donors (Lipinski definition) is 0. The highest BCUT2D eigenvalue weighted by atomic mass is 16.1. The molecule has 0 aromatic carbocycles. The zero-order valence-corrected chi connectivity index (χ0v) is 17.0. The van der Waals surface area contributed by atoms with E-state index in [4.69, 9.17) is 0 Å². The van der Waals surface area contributed by atoms with Crippen LogP contribution in [0.1, 0.15) is 71.6 Å².